The highest BCUT2D eigenvalue weighted by Crippen LogP contribution is 2.33. The zero-order valence-corrected chi connectivity index (χ0v) is 7.44. The molecule has 0 saturated carbocycles. The van der Waals surface area contributed by atoms with Crippen molar-refractivity contribution in [2.45, 2.75) is 12.6 Å². The Morgan fingerprint density at radius 2 is 1.88 bits per heavy atom. The number of aromatic amines is 1. The van der Waals surface area contributed by atoms with Gasteiger partial charge in [-0.3, -0.25) is 9.59 Å². The number of hydrogen-bond donors (Lipinski definition) is 1. The number of pyridine rings is 1. The Bertz CT molecular complexity index is 462. The second kappa shape index (κ2) is 4.03. The van der Waals surface area contributed by atoms with E-state index in [1.165, 1.54) is 4.98 Å². The smallest absolute Gasteiger partial charge is 0.328 e. The van der Waals surface area contributed by atoms with Gasteiger partial charge < -0.3 is 4.98 Å². The third kappa shape index (κ3) is 2.10. The molecule has 1 aromatic heterocycles. The molecular weight excluding hydrogens is 237 g/mol. The van der Waals surface area contributed by atoms with Crippen LogP contribution in [0.15, 0.2) is 11.0 Å². The van der Waals surface area contributed by atoms with Gasteiger partial charge in [-0.2, -0.15) is 13.2 Å². The van der Waals surface area contributed by atoms with E-state index in [1.54, 1.807) is 0 Å². The van der Waals surface area contributed by atoms with Gasteiger partial charge in [0.05, 0.1) is 11.1 Å². The molecule has 16 heavy (non-hydrogen) atoms. The lowest BCUT2D eigenvalue weighted by atomic mass is 10.1. The molecule has 1 N–H and O–H groups in total. The molecule has 1 rings (SSSR count). The van der Waals surface area contributed by atoms with Gasteiger partial charge in [0.25, 0.3) is 12.0 Å². The van der Waals surface area contributed by atoms with Crippen LogP contribution in [0.1, 0.15) is 27.9 Å². The first-order chi connectivity index (χ1) is 7.29. The van der Waals surface area contributed by atoms with Crippen LogP contribution in [0, 0.1) is 0 Å². The second-order valence-electron chi connectivity index (χ2n) is 2.78. The summed E-state index contributed by atoms with van der Waals surface area (Å²) in [5.41, 5.74) is -5.79. The first-order valence-electron chi connectivity index (χ1n) is 3.85. The summed E-state index contributed by atoms with van der Waals surface area (Å²) in [6, 6.07) is 0. The number of carbonyl (C=O) groups excluding carboxylic acids is 1. The number of carbonyl (C=O) groups is 1. The van der Waals surface area contributed by atoms with Crippen molar-refractivity contribution in [1.82, 2.24) is 4.98 Å². The lowest BCUT2D eigenvalue weighted by Gasteiger charge is -2.11. The van der Waals surface area contributed by atoms with Crippen LogP contribution < -0.4 is 5.56 Å². The Hall–Kier alpha value is -1.73. The van der Waals surface area contributed by atoms with Gasteiger partial charge in [0, 0.05) is 11.8 Å². The van der Waals surface area contributed by atoms with E-state index in [2.05, 4.69) is 0 Å². The fourth-order valence-corrected chi connectivity index (χ4v) is 1.14. The molecule has 0 aliphatic rings. The zero-order valence-electron chi connectivity index (χ0n) is 7.44. The monoisotopic (exact) mass is 241 g/mol. The molecule has 0 aliphatic carbocycles. The number of aromatic nitrogens is 1. The van der Waals surface area contributed by atoms with E-state index in [0.717, 1.165) is 0 Å². The van der Waals surface area contributed by atoms with Crippen LogP contribution in [0.4, 0.5) is 22.0 Å². The van der Waals surface area contributed by atoms with E-state index in [-0.39, 0.29) is 6.20 Å². The average Bonchev–Trinajstić information content (AvgIpc) is 2.14. The largest absolute Gasteiger partial charge is 0.418 e. The van der Waals surface area contributed by atoms with E-state index < -0.39 is 41.1 Å². The minimum Gasteiger partial charge on any atom is -0.328 e. The molecule has 8 heteroatoms. The van der Waals surface area contributed by atoms with Gasteiger partial charge in [-0.1, -0.05) is 0 Å². The molecule has 0 saturated heterocycles. The molecule has 1 aromatic rings. The van der Waals surface area contributed by atoms with Crippen molar-refractivity contribution in [3.63, 3.8) is 0 Å². The van der Waals surface area contributed by atoms with Gasteiger partial charge in [-0.15, -0.1) is 0 Å². The zero-order chi connectivity index (χ0) is 12.5. The van der Waals surface area contributed by atoms with E-state index in [1.807, 2.05) is 0 Å². The fourth-order valence-electron chi connectivity index (χ4n) is 1.14. The third-order valence-corrected chi connectivity index (χ3v) is 1.81. The molecule has 0 atom stereocenters. The molecule has 1 heterocycles. The summed E-state index contributed by atoms with van der Waals surface area (Å²) in [5.74, 6) is 0. The Morgan fingerprint density at radius 3 is 2.25 bits per heavy atom. The second-order valence-corrected chi connectivity index (χ2v) is 2.78. The van der Waals surface area contributed by atoms with Crippen molar-refractivity contribution in [2.75, 3.05) is 0 Å². The highest BCUT2D eigenvalue weighted by Gasteiger charge is 2.36. The number of H-pyrrole nitrogens is 1. The van der Waals surface area contributed by atoms with Gasteiger partial charge in [0.1, 0.15) is 0 Å². The maximum Gasteiger partial charge on any atom is 0.418 e. The van der Waals surface area contributed by atoms with E-state index in [4.69, 9.17) is 0 Å². The summed E-state index contributed by atoms with van der Waals surface area (Å²) >= 11 is 0. The quantitative estimate of drug-likeness (QED) is 0.637. The summed E-state index contributed by atoms with van der Waals surface area (Å²) in [5, 5.41) is 0. The van der Waals surface area contributed by atoms with Crippen LogP contribution in [0.25, 0.3) is 0 Å². The van der Waals surface area contributed by atoms with Gasteiger partial charge in [0.15, 0.2) is 6.29 Å². The number of nitrogens with one attached hydrogen (secondary N) is 1. The van der Waals surface area contributed by atoms with Gasteiger partial charge in [-0.25, -0.2) is 8.78 Å². The van der Waals surface area contributed by atoms with Crippen molar-refractivity contribution in [2.24, 2.45) is 0 Å². The third-order valence-electron chi connectivity index (χ3n) is 1.81. The Morgan fingerprint density at radius 1 is 1.31 bits per heavy atom. The predicted octanol–water partition coefficient (Wildman–Crippen LogP) is 2.14. The molecular formula is C8H4F5NO2. The van der Waals surface area contributed by atoms with Crippen LogP contribution in [-0.4, -0.2) is 11.3 Å². The number of halogens is 5. The molecule has 0 bridgehead atoms. The summed E-state index contributed by atoms with van der Waals surface area (Å²) in [6.07, 6.45) is -8.65. The highest BCUT2D eigenvalue weighted by atomic mass is 19.4. The summed E-state index contributed by atoms with van der Waals surface area (Å²) in [7, 11) is 0. The van der Waals surface area contributed by atoms with Gasteiger partial charge in [0.2, 0.25) is 0 Å². The number of aldehydes is 1. The average molecular weight is 241 g/mol. The van der Waals surface area contributed by atoms with E-state index in [0.29, 0.717) is 0 Å². The lowest BCUT2D eigenvalue weighted by Crippen LogP contribution is -2.21. The van der Waals surface area contributed by atoms with E-state index in [9.17, 15) is 31.5 Å². The molecule has 88 valence electrons. The van der Waals surface area contributed by atoms with Crippen LogP contribution in [-0.2, 0) is 6.18 Å². The minimum absolute atomic E-state index is 0.192. The molecule has 0 aliphatic heterocycles. The van der Waals surface area contributed by atoms with Crippen molar-refractivity contribution in [3.05, 3.63) is 33.2 Å². The summed E-state index contributed by atoms with van der Waals surface area (Å²) in [6.45, 7) is 0. The summed E-state index contributed by atoms with van der Waals surface area (Å²) in [4.78, 5) is 22.7. The van der Waals surface area contributed by atoms with Crippen molar-refractivity contribution < 1.29 is 26.7 Å². The molecule has 0 spiro atoms. The lowest BCUT2D eigenvalue weighted by molar-refractivity contribution is -0.138. The molecule has 0 amide bonds. The topological polar surface area (TPSA) is 49.9 Å². The first-order valence-corrected chi connectivity index (χ1v) is 3.85. The molecule has 0 radical (unpaired) electrons. The minimum atomic E-state index is -4.98. The number of alkyl halides is 5. The molecule has 0 aromatic carbocycles. The van der Waals surface area contributed by atoms with Crippen LogP contribution in [0.5, 0.6) is 0 Å². The highest BCUT2D eigenvalue weighted by molar-refractivity contribution is 5.79. The molecule has 0 fully saturated rings. The normalized spacial score (nSPS) is 11.9. The van der Waals surface area contributed by atoms with Crippen molar-refractivity contribution in [3.8, 4) is 0 Å². The van der Waals surface area contributed by atoms with Gasteiger partial charge >= 0.3 is 6.18 Å². The maximum absolute atomic E-state index is 12.3. The number of rotatable bonds is 2. The molecule has 0 unspecified atom stereocenters. The number of hydrogen-bond acceptors (Lipinski definition) is 2. The Kier molecular flexibility index (Phi) is 3.11. The van der Waals surface area contributed by atoms with E-state index >= 15 is 0 Å². The standard InChI is InChI=1S/C8H4F5NO2/c9-6(10)5-3(2-15)4(8(11,12)13)1-14-7(5)16/h1-2,6H,(H,14,16). The van der Waals surface area contributed by atoms with Crippen LogP contribution in [0.2, 0.25) is 0 Å². The Balaban J connectivity index is 3.62. The summed E-state index contributed by atoms with van der Waals surface area (Å²) < 4.78 is 61.4. The van der Waals surface area contributed by atoms with Crippen molar-refractivity contribution in [1.29, 1.82) is 0 Å². The van der Waals surface area contributed by atoms with Crippen molar-refractivity contribution >= 4 is 6.29 Å². The van der Waals surface area contributed by atoms with Crippen LogP contribution >= 0.6 is 0 Å². The fraction of sp³-hybridized carbons (Fsp3) is 0.250. The van der Waals surface area contributed by atoms with Gasteiger partial charge in [-0.05, 0) is 0 Å². The predicted molar refractivity (Wildman–Crippen MR) is 42.4 cm³/mol. The van der Waals surface area contributed by atoms with Crippen LogP contribution in [0.3, 0.4) is 0 Å². The maximum atomic E-state index is 12.3. The Labute approximate surface area is 84.9 Å². The SMILES string of the molecule is O=Cc1c(C(F)(F)F)c[nH]c(=O)c1C(F)F. The first kappa shape index (κ1) is 12.3. The molecule has 3 nitrogen and oxygen atoms in total.